The van der Waals surface area contributed by atoms with Gasteiger partial charge < -0.3 is 14.8 Å². The van der Waals surface area contributed by atoms with Gasteiger partial charge in [0.1, 0.15) is 24.7 Å². The standard InChI is InChI=1S/C16H17NO2/c1-17-15-11-19-16-9-13(7-8-14(15)16)18-10-12-5-3-2-4-6-12/h2-9,15,17H,10-11H2,1H3. The molecule has 0 bridgehead atoms. The minimum absolute atomic E-state index is 0.290. The second-order valence-corrected chi connectivity index (χ2v) is 4.63. The van der Waals surface area contributed by atoms with Crippen molar-refractivity contribution in [1.29, 1.82) is 0 Å². The van der Waals surface area contributed by atoms with Crippen LogP contribution < -0.4 is 14.8 Å². The lowest BCUT2D eigenvalue weighted by atomic mass is 10.1. The van der Waals surface area contributed by atoms with Crippen molar-refractivity contribution in [2.75, 3.05) is 13.7 Å². The average molecular weight is 255 g/mol. The van der Waals surface area contributed by atoms with Gasteiger partial charge in [-0.15, -0.1) is 0 Å². The molecule has 2 aromatic carbocycles. The largest absolute Gasteiger partial charge is 0.491 e. The van der Waals surface area contributed by atoms with Crippen molar-refractivity contribution in [3.8, 4) is 11.5 Å². The third-order valence-corrected chi connectivity index (χ3v) is 3.36. The normalized spacial score (nSPS) is 16.8. The number of benzene rings is 2. The fourth-order valence-corrected chi connectivity index (χ4v) is 2.26. The topological polar surface area (TPSA) is 30.5 Å². The molecule has 1 heterocycles. The predicted octanol–water partition coefficient (Wildman–Crippen LogP) is 2.92. The Bertz CT molecular complexity index is 554. The van der Waals surface area contributed by atoms with Crippen molar-refractivity contribution in [2.45, 2.75) is 12.6 Å². The Hall–Kier alpha value is -2.00. The molecular formula is C16H17NO2. The van der Waals surface area contributed by atoms with Crippen molar-refractivity contribution in [3.05, 3.63) is 59.7 Å². The van der Waals surface area contributed by atoms with Gasteiger partial charge in [-0.1, -0.05) is 30.3 Å². The summed E-state index contributed by atoms with van der Waals surface area (Å²) in [7, 11) is 1.95. The molecule has 0 aliphatic carbocycles. The molecule has 1 unspecified atom stereocenters. The Morgan fingerprint density at radius 2 is 2.05 bits per heavy atom. The number of rotatable bonds is 4. The molecular weight excluding hydrogens is 238 g/mol. The van der Waals surface area contributed by atoms with Crippen LogP contribution in [0.5, 0.6) is 11.5 Å². The molecule has 3 rings (SSSR count). The van der Waals surface area contributed by atoms with Gasteiger partial charge in [0.15, 0.2) is 0 Å². The summed E-state index contributed by atoms with van der Waals surface area (Å²) in [6.07, 6.45) is 0. The summed E-state index contributed by atoms with van der Waals surface area (Å²) >= 11 is 0. The maximum Gasteiger partial charge on any atom is 0.127 e. The first-order valence-corrected chi connectivity index (χ1v) is 6.47. The first kappa shape index (κ1) is 12.1. The number of ether oxygens (including phenoxy) is 2. The first-order chi connectivity index (χ1) is 9.36. The SMILES string of the molecule is CNC1COc2cc(OCc3ccccc3)ccc21. The van der Waals surface area contributed by atoms with E-state index in [1.54, 1.807) is 0 Å². The molecule has 1 N–H and O–H groups in total. The zero-order chi connectivity index (χ0) is 13.1. The van der Waals surface area contributed by atoms with Gasteiger partial charge in [0.25, 0.3) is 0 Å². The molecule has 1 atom stereocenters. The molecule has 98 valence electrons. The van der Waals surface area contributed by atoms with Crippen LogP contribution in [-0.2, 0) is 6.61 Å². The van der Waals surface area contributed by atoms with Gasteiger partial charge >= 0.3 is 0 Å². The van der Waals surface area contributed by atoms with E-state index in [2.05, 4.69) is 23.5 Å². The minimum atomic E-state index is 0.290. The van der Waals surface area contributed by atoms with Gasteiger partial charge in [0.05, 0.1) is 6.04 Å². The van der Waals surface area contributed by atoms with Crippen LogP contribution in [0, 0.1) is 0 Å². The fraction of sp³-hybridized carbons (Fsp3) is 0.250. The highest BCUT2D eigenvalue weighted by molar-refractivity contribution is 5.45. The number of likely N-dealkylation sites (N-methyl/N-ethyl adjacent to an activating group) is 1. The van der Waals surface area contributed by atoms with E-state index in [0.29, 0.717) is 13.2 Å². The van der Waals surface area contributed by atoms with Crippen LogP contribution in [-0.4, -0.2) is 13.7 Å². The van der Waals surface area contributed by atoms with Crippen molar-refractivity contribution in [1.82, 2.24) is 5.32 Å². The summed E-state index contributed by atoms with van der Waals surface area (Å²) in [4.78, 5) is 0. The number of hydrogen-bond donors (Lipinski definition) is 1. The number of fused-ring (bicyclic) bond motifs is 1. The maximum absolute atomic E-state index is 5.79. The number of hydrogen-bond acceptors (Lipinski definition) is 3. The molecule has 0 saturated heterocycles. The van der Waals surface area contributed by atoms with Gasteiger partial charge in [-0.05, 0) is 24.7 Å². The number of nitrogens with one attached hydrogen (secondary N) is 1. The van der Waals surface area contributed by atoms with Crippen molar-refractivity contribution < 1.29 is 9.47 Å². The summed E-state index contributed by atoms with van der Waals surface area (Å²) in [5.41, 5.74) is 2.37. The average Bonchev–Trinajstić information content (AvgIpc) is 2.88. The maximum atomic E-state index is 5.79. The van der Waals surface area contributed by atoms with E-state index >= 15 is 0 Å². The molecule has 0 spiro atoms. The van der Waals surface area contributed by atoms with E-state index in [0.717, 1.165) is 17.1 Å². The lowest BCUT2D eigenvalue weighted by molar-refractivity contribution is 0.298. The summed E-state index contributed by atoms with van der Waals surface area (Å²) in [5.74, 6) is 1.77. The monoisotopic (exact) mass is 255 g/mol. The van der Waals surface area contributed by atoms with Gasteiger partial charge in [0, 0.05) is 11.6 Å². The smallest absolute Gasteiger partial charge is 0.127 e. The molecule has 3 nitrogen and oxygen atoms in total. The molecule has 0 amide bonds. The Labute approximate surface area is 113 Å². The van der Waals surface area contributed by atoms with Crippen LogP contribution in [0.25, 0.3) is 0 Å². The predicted molar refractivity (Wildman–Crippen MR) is 74.5 cm³/mol. The zero-order valence-electron chi connectivity index (χ0n) is 10.9. The summed E-state index contributed by atoms with van der Waals surface area (Å²) in [6, 6.07) is 16.5. The second kappa shape index (κ2) is 5.33. The van der Waals surface area contributed by atoms with Crippen LogP contribution in [0.3, 0.4) is 0 Å². The lowest BCUT2D eigenvalue weighted by Gasteiger charge is -2.09. The highest BCUT2D eigenvalue weighted by Gasteiger charge is 2.22. The van der Waals surface area contributed by atoms with E-state index in [1.165, 1.54) is 5.56 Å². The van der Waals surface area contributed by atoms with E-state index in [-0.39, 0.29) is 6.04 Å². The third-order valence-electron chi connectivity index (χ3n) is 3.36. The van der Waals surface area contributed by atoms with Gasteiger partial charge in [-0.3, -0.25) is 0 Å². The van der Waals surface area contributed by atoms with E-state index in [9.17, 15) is 0 Å². The molecule has 1 aliphatic rings. The molecule has 19 heavy (non-hydrogen) atoms. The molecule has 3 heteroatoms. The van der Waals surface area contributed by atoms with Crippen LogP contribution in [0.4, 0.5) is 0 Å². The lowest BCUT2D eigenvalue weighted by Crippen LogP contribution is -2.17. The second-order valence-electron chi connectivity index (χ2n) is 4.63. The summed E-state index contributed by atoms with van der Waals surface area (Å²) in [5, 5.41) is 3.23. The van der Waals surface area contributed by atoms with Crippen LogP contribution in [0.1, 0.15) is 17.2 Å². The van der Waals surface area contributed by atoms with Gasteiger partial charge in [-0.2, -0.15) is 0 Å². The zero-order valence-corrected chi connectivity index (χ0v) is 10.9. The quantitative estimate of drug-likeness (QED) is 0.911. The third kappa shape index (κ3) is 2.56. The fourth-order valence-electron chi connectivity index (χ4n) is 2.26. The Morgan fingerprint density at radius 1 is 1.21 bits per heavy atom. The van der Waals surface area contributed by atoms with E-state index in [4.69, 9.17) is 9.47 Å². The van der Waals surface area contributed by atoms with E-state index < -0.39 is 0 Å². The molecule has 0 saturated carbocycles. The Kier molecular flexibility index (Phi) is 3.38. The van der Waals surface area contributed by atoms with Crippen molar-refractivity contribution in [2.24, 2.45) is 0 Å². The van der Waals surface area contributed by atoms with E-state index in [1.807, 2.05) is 37.4 Å². The highest BCUT2D eigenvalue weighted by Crippen LogP contribution is 2.35. The summed E-state index contributed by atoms with van der Waals surface area (Å²) in [6.45, 7) is 1.27. The van der Waals surface area contributed by atoms with Gasteiger partial charge in [0.2, 0.25) is 0 Å². The Morgan fingerprint density at radius 3 is 2.84 bits per heavy atom. The van der Waals surface area contributed by atoms with Crippen LogP contribution >= 0.6 is 0 Å². The molecule has 0 fully saturated rings. The Balaban J connectivity index is 1.70. The first-order valence-electron chi connectivity index (χ1n) is 6.47. The molecule has 2 aromatic rings. The highest BCUT2D eigenvalue weighted by atomic mass is 16.5. The van der Waals surface area contributed by atoms with Crippen molar-refractivity contribution in [3.63, 3.8) is 0 Å². The van der Waals surface area contributed by atoms with Crippen LogP contribution in [0.2, 0.25) is 0 Å². The summed E-state index contributed by atoms with van der Waals surface area (Å²) < 4.78 is 11.4. The van der Waals surface area contributed by atoms with Crippen LogP contribution in [0.15, 0.2) is 48.5 Å². The molecule has 0 radical (unpaired) electrons. The van der Waals surface area contributed by atoms with Crippen molar-refractivity contribution >= 4 is 0 Å². The molecule has 1 aliphatic heterocycles. The van der Waals surface area contributed by atoms with Gasteiger partial charge in [-0.25, -0.2) is 0 Å². The molecule has 0 aromatic heterocycles. The minimum Gasteiger partial charge on any atom is -0.491 e.